The van der Waals surface area contributed by atoms with Gasteiger partial charge >= 0.3 is 5.97 Å². The third kappa shape index (κ3) is 2.89. The maximum absolute atomic E-state index is 11.1. The van der Waals surface area contributed by atoms with Crippen LogP contribution in [0.5, 0.6) is 0 Å². The van der Waals surface area contributed by atoms with Crippen LogP contribution in [-0.4, -0.2) is 29.1 Å². The van der Waals surface area contributed by atoms with Gasteiger partial charge in [0.25, 0.3) is 5.69 Å². The summed E-state index contributed by atoms with van der Waals surface area (Å²) in [6.07, 6.45) is 3.39. The molecule has 1 aromatic carbocycles. The molecule has 1 aliphatic rings. The Labute approximate surface area is 117 Å². The fourth-order valence-electron chi connectivity index (χ4n) is 2.76. The summed E-state index contributed by atoms with van der Waals surface area (Å²) in [5.41, 5.74) is 0.156. The highest BCUT2D eigenvalue weighted by molar-refractivity contribution is 5.93. The Balaban J connectivity index is 2.24. The summed E-state index contributed by atoms with van der Waals surface area (Å²) in [6, 6.07) is 4.33. The number of nitro benzene ring substituents is 1. The minimum absolute atomic E-state index is 0.244. The molecule has 1 atom stereocenters. The first-order valence-electron chi connectivity index (χ1n) is 6.79. The molecule has 108 valence electrons. The smallest absolute Gasteiger partial charge is 0.342 e. The molecule has 20 heavy (non-hydrogen) atoms. The third-order valence-corrected chi connectivity index (χ3v) is 3.76. The topological polar surface area (TPSA) is 83.7 Å². The van der Waals surface area contributed by atoms with Gasteiger partial charge in [0, 0.05) is 24.8 Å². The van der Waals surface area contributed by atoms with Gasteiger partial charge in [0.1, 0.15) is 5.56 Å². The molecule has 1 heterocycles. The fraction of sp³-hybridized carbons (Fsp3) is 0.500. The van der Waals surface area contributed by atoms with Crippen molar-refractivity contribution in [2.75, 3.05) is 18.0 Å². The Kier molecular flexibility index (Phi) is 4.22. The van der Waals surface area contributed by atoms with Gasteiger partial charge < -0.3 is 10.0 Å². The first-order valence-corrected chi connectivity index (χ1v) is 6.79. The van der Waals surface area contributed by atoms with Gasteiger partial charge in [0.15, 0.2) is 0 Å². The third-order valence-electron chi connectivity index (χ3n) is 3.76. The summed E-state index contributed by atoms with van der Waals surface area (Å²) in [7, 11) is 0. The average Bonchev–Trinajstić information content (AvgIpc) is 2.87. The van der Waals surface area contributed by atoms with Gasteiger partial charge in [0.05, 0.1) is 4.92 Å². The number of carboxylic acids is 1. The maximum Gasteiger partial charge on any atom is 0.342 e. The van der Waals surface area contributed by atoms with E-state index in [2.05, 4.69) is 11.8 Å². The number of nitrogens with zero attached hydrogens (tertiary/aromatic N) is 2. The lowest BCUT2D eigenvalue weighted by atomic mass is 10.0. The van der Waals surface area contributed by atoms with E-state index in [1.54, 1.807) is 6.07 Å². The van der Waals surface area contributed by atoms with Crippen molar-refractivity contribution in [1.29, 1.82) is 0 Å². The van der Waals surface area contributed by atoms with Crippen molar-refractivity contribution in [2.24, 2.45) is 5.92 Å². The van der Waals surface area contributed by atoms with E-state index in [1.165, 1.54) is 12.1 Å². The van der Waals surface area contributed by atoms with Crippen LogP contribution in [0.2, 0.25) is 0 Å². The van der Waals surface area contributed by atoms with Crippen molar-refractivity contribution >= 4 is 17.3 Å². The zero-order valence-corrected chi connectivity index (χ0v) is 11.4. The van der Waals surface area contributed by atoms with E-state index in [9.17, 15) is 14.9 Å². The van der Waals surface area contributed by atoms with Crippen molar-refractivity contribution in [2.45, 2.75) is 26.2 Å². The predicted molar refractivity (Wildman–Crippen MR) is 75.3 cm³/mol. The lowest BCUT2D eigenvalue weighted by molar-refractivity contribution is -0.385. The maximum atomic E-state index is 11.1. The molecule has 0 radical (unpaired) electrons. The van der Waals surface area contributed by atoms with Crippen LogP contribution in [0.1, 0.15) is 36.5 Å². The summed E-state index contributed by atoms with van der Waals surface area (Å²) in [6.45, 7) is 3.92. The minimum atomic E-state index is -1.26. The van der Waals surface area contributed by atoms with E-state index in [0.717, 1.165) is 38.0 Å². The van der Waals surface area contributed by atoms with Gasteiger partial charge in [-0.05, 0) is 30.9 Å². The number of rotatable bonds is 5. The van der Waals surface area contributed by atoms with Crippen LogP contribution >= 0.6 is 0 Å². The van der Waals surface area contributed by atoms with Crippen molar-refractivity contribution < 1.29 is 14.8 Å². The lowest BCUT2D eigenvalue weighted by Crippen LogP contribution is -2.20. The van der Waals surface area contributed by atoms with E-state index in [1.807, 2.05) is 0 Å². The number of hydrogen-bond donors (Lipinski definition) is 1. The second-order valence-electron chi connectivity index (χ2n) is 5.15. The van der Waals surface area contributed by atoms with Gasteiger partial charge in [0.2, 0.25) is 0 Å². The normalized spacial score (nSPS) is 18.2. The number of anilines is 1. The second-order valence-corrected chi connectivity index (χ2v) is 5.15. The first kappa shape index (κ1) is 14.3. The molecule has 0 aromatic heterocycles. The molecule has 6 nitrogen and oxygen atoms in total. The molecule has 0 aliphatic carbocycles. The Morgan fingerprint density at radius 1 is 1.55 bits per heavy atom. The molecule has 1 saturated heterocycles. The number of carbonyl (C=O) groups is 1. The SMILES string of the molecule is CCCC1CCN(c2ccc([N+](=O)[O-])c(C(=O)O)c2)C1. The molecule has 1 aromatic rings. The molecule has 0 bridgehead atoms. The van der Waals surface area contributed by atoms with Crippen LogP contribution in [0, 0.1) is 16.0 Å². The van der Waals surface area contributed by atoms with E-state index < -0.39 is 10.9 Å². The molecular formula is C14H18N2O4. The molecule has 1 aliphatic heterocycles. The van der Waals surface area contributed by atoms with Crippen LogP contribution in [0.15, 0.2) is 18.2 Å². The molecular weight excluding hydrogens is 260 g/mol. The standard InChI is InChI=1S/C14H18N2O4/c1-2-3-10-6-7-15(9-10)11-4-5-13(16(19)20)12(8-11)14(17)18/h4-5,8,10H,2-3,6-7,9H2,1H3,(H,17,18). The lowest BCUT2D eigenvalue weighted by Gasteiger charge is -2.19. The number of benzene rings is 1. The Hall–Kier alpha value is -2.11. The van der Waals surface area contributed by atoms with Crippen LogP contribution in [0.4, 0.5) is 11.4 Å². The Morgan fingerprint density at radius 3 is 2.90 bits per heavy atom. The van der Waals surface area contributed by atoms with Gasteiger partial charge in [-0.2, -0.15) is 0 Å². The zero-order chi connectivity index (χ0) is 14.7. The monoisotopic (exact) mass is 278 g/mol. The van der Waals surface area contributed by atoms with E-state index in [0.29, 0.717) is 5.92 Å². The van der Waals surface area contributed by atoms with Crippen LogP contribution < -0.4 is 4.90 Å². The van der Waals surface area contributed by atoms with Crippen LogP contribution in [-0.2, 0) is 0 Å². The number of carboxylic acid groups (broad SMARTS) is 1. The highest BCUT2D eigenvalue weighted by Crippen LogP contribution is 2.30. The molecule has 1 N–H and O–H groups in total. The van der Waals surface area contributed by atoms with Gasteiger partial charge in [-0.15, -0.1) is 0 Å². The van der Waals surface area contributed by atoms with Gasteiger partial charge in [-0.1, -0.05) is 13.3 Å². The zero-order valence-electron chi connectivity index (χ0n) is 11.4. The summed E-state index contributed by atoms with van der Waals surface area (Å²) in [5, 5.41) is 19.9. The van der Waals surface area contributed by atoms with E-state index >= 15 is 0 Å². The number of nitro groups is 1. The Bertz CT molecular complexity index is 530. The summed E-state index contributed by atoms with van der Waals surface area (Å²) in [4.78, 5) is 23.4. The van der Waals surface area contributed by atoms with Crippen molar-refractivity contribution in [3.05, 3.63) is 33.9 Å². The number of aromatic carboxylic acids is 1. The van der Waals surface area contributed by atoms with Crippen molar-refractivity contribution in [3.8, 4) is 0 Å². The molecule has 0 amide bonds. The molecule has 0 spiro atoms. The highest BCUT2D eigenvalue weighted by Gasteiger charge is 2.25. The van der Waals surface area contributed by atoms with E-state index in [-0.39, 0.29) is 11.3 Å². The van der Waals surface area contributed by atoms with Gasteiger partial charge in [-0.3, -0.25) is 10.1 Å². The second kappa shape index (κ2) is 5.90. The van der Waals surface area contributed by atoms with Gasteiger partial charge in [-0.25, -0.2) is 4.79 Å². The predicted octanol–water partition coefficient (Wildman–Crippen LogP) is 2.92. The highest BCUT2D eigenvalue weighted by atomic mass is 16.6. The fourth-order valence-corrected chi connectivity index (χ4v) is 2.76. The minimum Gasteiger partial charge on any atom is -0.477 e. The van der Waals surface area contributed by atoms with Crippen LogP contribution in [0.25, 0.3) is 0 Å². The van der Waals surface area contributed by atoms with Crippen molar-refractivity contribution in [1.82, 2.24) is 0 Å². The average molecular weight is 278 g/mol. The Morgan fingerprint density at radius 2 is 2.30 bits per heavy atom. The number of hydrogen-bond acceptors (Lipinski definition) is 4. The summed E-state index contributed by atoms with van der Waals surface area (Å²) in [5.74, 6) is -0.633. The molecule has 6 heteroatoms. The summed E-state index contributed by atoms with van der Waals surface area (Å²) < 4.78 is 0. The van der Waals surface area contributed by atoms with Crippen molar-refractivity contribution in [3.63, 3.8) is 0 Å². The quantitative estimate of drug-likeness (QED) is 0.661. The molecule has 1 unspecified atom stereocenters. The van der Waals surface area contributed by atoms with E-state index in [4.69, 9.17) is 5.11 Å². The molecule has 0 saturated carbocycles. The van der Waals surface area contributed by atoms with Crippen LogP contribution in [0.3, 0.4) is 0 Å². The molecule has 2 rings (SSSR count). The summed E-state index contributed by atoms with van der Waals surface area (Å²) >= 11 is 0. The molecule has 1 fully saturated rings. The largest absolute Gasteiger partial charge is 0.477 e. The first-order chi connectivity index (χ1) is 9.52.